The van der Waals surface area contributed by atoms with Crippen molar-refractivity contribution in [2.24, 2.45) is 0 Å². The third kappa shape index (κ3) is 7.34. The smallest absolute Gasteiger partial charge is 0.303 e. The average Bonchev–Trinajstić information content (AvgIpc) is 3.07. The molecule has 1 fully saturated rings. The van der Waals surface area contributed by atoms with Crippen LogP contribution in [-0.4, -0.2) is 47.3 Å². The number of halogens is 1. The molecule has 6 heteroatoms. The molecule has 0 aliphatic carbocycles. The monoisotopic (exact) mass is 561 g/mol. The SMILES string of the molecule is C=C1COc2ccc(C(C)CCC(=O)O)cc2C(=C/CCN2CCC(O)(c3ccc(Cl)cc3)CC2)/C1=C/C=C\C. The molecule has 40 heavy (non-hydrogen) atoms. The highest BCUT2D eigenvalue weighted by atomic mass is 35.5. The second kappa shape index (κ2) is 13.5. The van der Waals surface area contributed by atoms with E-state index in [-0.39, 0.29) is 12.3 Å². The van der Waals surface area contributed by atoms with E-state index in [0.717, 1.165) is 65.2 Å². The van der Waals surface area contributed by atoms with Gasteiger partial charge in [-0.25, -0.2) is 0 Å². The van der Waals surface area contributed by atoms with E-state index in [2.05, 4.69) is 36.6 Å². The summed E-state index contributed by atoms with van der Waals surface area (Å²) in [5.74, 6) is 0.156. The molecule has 2 aliphatic heterocycles. The summed E-state index contributed by atoms with van der Waals surface area (Å²) in [4.78, 5) is 13.5. The molecule has 1 saturated heterocycles. The maximum Gasteiger partial charge on any atom is 0.303 e. The minimum atomic E-state index is -0.814. The highest BCUT2D eigenvalue weighted by molar-refractivity contribution is 6.30. The van der Waals surface area contributed by atoms with Crippen LogP contribution in [0.25, 0.3) is 5.57 Å². The first kappa shape index (κ1) is 29.9. The van der Waals surface area contributed by atoms with Gasteiger partial charge in [-0.1, -0.05) is 67.6 Å². The fourth-order valence-corrected chi connectivity index (χ4v) is 5.61. The number of aliphatic hydroxyl groups is 1. The maximum absolute atomic E-state index is 11.3. The second-order valence-corrected chi connectivity index (χ2v) is 11.3. The van der Waals surface area contributed by atoms with E-state index in [1.807, 2.05) is 55.5 Å². The van der Waals surface area contributed by atoms with Crippen LogP contribution in [0, 0.1) is 0 Å². The van der Waals surface area contributed by atoms with E-state index in [1.165, 1.54) is 0 Å². The Labute approximate surface area is 243 Å². The van der Waals surface area contributed by atoms with Crippen molar-refractivity contribution < 1.29 is 19.7 Å². The van der Waals surface area contributed by atoms with Crippen molar-refractivity contribution in [3.8, 4) is 5.75 Å². The lowest BCUT2D eigenvalue weighted by molar-refractivity contribution is -0.137. The summed E-state index contributed by atoms with van der Waals surface area (Å²) in [6, 6.07) is 13.7. The largest absolute Gasteiger partial charge is 0.488 e. The summed E-state index contributed by atoms with van der Waals surface area (Å²) in [5.41, 5.74) is 5.31. The van der Waals surface area contributed by atoms with Crippen LogP contribution in [0.4, 0.5) is 0 Å². The lowest BCUT2D eigenvalue weighted by atomic mass is 9.84. The zero-order valence-corrected chi connectivity index (χ0v) is 24.3. The Hall–Kier alpha value is -3.12. The molecule has 0 radical (unpaired) electrons. The van der Waals surface area contributed by atoms with Crippen molar-refractivity contribution in [1.29, 1.82) is 0 Å². The minimum absolute atomic E-state index is 0.116. The Morgan fingerprint density at radius 1 is 1.18 bits per heavy atom. The molecular formula is C34H40ClNO4. The average molecular weight is 562 g/mol. The number of carbonyl (C=O) groups is 1. The number of aliphatic carboxylic acids is 1. The van der Waals surface area contributed by atoms with Crippen molar-refractivity contribution in [2.45, 2.75) is 57.5 Å². The summed E-state index contributed by atoms with van der Waals surface area (Å²) >= 11 is 6.04. The molecule has 0 aromatic heterocycles. The van der Waals surface area contributed by atoms with Gasteiger partial charge in [0.05, 0.1) is 5.60 Å². The van der Waals surface area contributed by atoms with E-state index in [1.54, 1.807) is 0 Å². The van der Waals surface area contributed by atoms with Crippen LogP contribution in [0.5, 0.6) is 5.75 Å². The van der Waals surface area contributed by atoms with Gasteiger partial charge in [0, 0.05) is 36.6 Å². The van der Waals surface area contributed by atoms with Gasteiger partial charge in [-0.15, -0.1) is 0 Å². The molecule has 1 unspecified atom stereocenters. The molecule has 212 valence electrons. The van der Waals surface area contributed by atoms with Crippen molar-refractivity contribution >= 4 is 23.1 Å². The van der Waals surface area contributed by atoms with Crippen molar-refractivity contribution in [2.75, 3.05) is 26.2 Å². The van der Waals surface area contributed by atoms with E-state index in [4.69, 9.17) is 21.4 Å². The van der Waals surface area contributed by atoms with E-state index >= 15 is 0 Å². The van der Waals surface area contributed by atoms with Crippen molar-refractivity contribution in [1.82, 2.24) is 4.90 Å². The number of hydrogen-bond acceptors (Lipinski definition) is 4. The molecular weight excluding hydrogens is 522 g/mol. The number of allylic oxidation sites excluding steroid dienone is 4. The third-order valence-corrected chi connectivity index (χ3v) is 8.29. The molecule has 2 aliphatic rings. The molecule has 0 spiro atoms. The summed E-state index contributed by atoms with van der Waals surface area (Å²) < 4.78 is 6.16. The zero-order chi connectivity index (χ0) is 28.7. The van der Waals surface area contributed by atoms with E-state index in [9.17, 15) is 9.90 Å². The first-order valence-electron chi connectivity index (χ1n) is 14.1. The molecule has 2 aromatic rings. The number of rotatable bonds is 9. The summed E-state index contributed by atoms with van der Waals surface area (Å²) in [6.07, 6.45) is 11.3. The van der Waals surface area contributed by atoms with Gasteiger partial charge in [0.1, 0.15) is 12.4 Å². The van der Waals surface area contributed by atoms with Gasteiger partial charge in [0.25, 0.3) is 0 Å². The number of carboxylic acid groups (broad SMARTS) is 1. The second-order valence-electron chi connectivity index (χ2n) is 10.9. The highest BCUT2D eigenvalue weighted by Gasteiger charge is 2.33. The van der Waals surface area contributed by atoms with Crippen LogP contribution in [0.15, 0.2) is 84.5 Å². The van der Waals surface area contributed by atoms with Crippen LogP contribution in [0.2, 0.25) is 5.02 Å². The Morgan fingerprint density at radius 2 is 1.90 bits per heavy atom. The molecule has 2 N–H and O–H groups in total. The van der Waals surface area contributed by atoms with Crippen molar-refractivity contribution in [3.05, 3.63) is 106 Å². The Kier molecular flexibility index (Phi) is 10.1. The number of likely N-dealkylation sites (tertiary alicyclic amines) is 1. The summed E-state index contributed by atoms with van der Waals surface area (Å²) in [7, 11) is 0. The van der Waals surface area contributed by atoms with Crippen LogP contribution < -0.4 is 4.74 Å². The van der Waals surface area contributed by atoms with E-state index in [0.29, 0.717) is 30.9 Å². The summed E-state index contributed by atoms with van der Waals surface area (Å²) in [5, 5.41) is 21.1. The Balaban J connectivity index is 1.53. The number of benzene rings is 2. The molecule has 0 bridgehead atoms. The van der Waals surface area contributed by atoms with Gasteiger partial charge in [-0.05, 0) is 90.6 Å². The van der Waals surface area contributed by atoms with Crippen LogP contribution in [-0.2, 0) is 10.4 Å². The Morgan fingerprint density at radius 3 is 2.58 bits per heavy atom. The maximum atomic E-state index is 11.3. The topological polar surface area (TPSA) is 70.0 Å². The third-order valence-electron chi connectivity index (χ3n) is 8.04. The van der Waals surface area contributed by atoms with E-state index < -0.39 is 11.6 Å². The van der Waals surface area contributed by atoms with Gasteiger partial charge in [0.2, 0.25) is 0 Å². The first-order chi connectivity index (χ1) is 19.2. The number of nitrogens with zero attached hydrogens (tertiary/aromatic N) is 1. The fourth-order valence-electron chi connectivity index (χ4n) is 5.48. The molecule has 4 rings (SSSR count). The van der Waals surface area contributed by atoms with Crippen LogP contribution >= 0.6 is 11.6 Å². The molecule has 0 amide bonds. The highest BCUT2D eigenvalue weighted by Crippen LogP contribution is 2.40. The lowest BCUT2D eigenvalue weighted by Gasteiger charge is -2.38. The molecule has 2 heterocycles. The molecule has 5 nitrogen and oxygen atoms in total. The predicted molar refractivity (Wildman–Crippen MR) is 163 cm³/mol. The van der Waals surface area contributed by atoms with Gasteiger partial charge in [0.15, 0.2) is 0 Å². The number of ether oxygens (including phenoxy) is 1. The van der Waals surface area contributed by atoms with Crippen molar-refractivity contribution in [3.63, 3.8) is 0 Å². The summed E-state index contributed by atoms with van der Waals surface area (Å²) in [6.45, 7) is 11.3. The normalized spacial score (nSPS) is 20.4. The molecule has 2 aromatic carbocycles. The van der Waals surface area contributed by atoms with Gasteiger partial charge < -0.3 is 19.8 Å². The standard InChI is InChI=1S/C34H40ClNO4/c1-4-5-7-29-25(3)23-40-32-15-10-26(24(2)9-16-33(37)38)22-31(32)30(29)8-6-19-36-20-17-34(39,18-21-36)27-11-13-28(35)14-12-27/h4-5,7-8,10-15,22,24,39H,3,6,9,16-21,23H2,1-2H3,(H,37,38)/b5-4-,29-7+,30-8+. The first-order valence-corrected chi connectivity index (χ1v) is 14.5. The number of hydrogen-bond donors (Lipinski definition) is 2. The number of piperidine rings is 1. The van der Waals surface area contributed by atoms with Gasteiger partial charge >= 0.3 is 5.97 Å². The van der Waals surface area contributed by atoms with Crippen LogP contribution in [0.1, 0.15) is 68.6 Å². The predicted octanol–water partition coefficient (Wildman–Crippen LogP) is 7.52. The van der Waals surface area contributed by atoms with Gasteiger partial charge in [-0.2, -0.15) is 0 Å². The quantitative estimate of drug-likeness (QED) is 0.331. The fraction of sp³-hybridized carbons (Fsp3) is 0.382. The van der Waals surface area contributed by atoms with Crippen LogP contribution in [0.3, 0.4) is 0 Å². The number of fused-ring (bicyclic) bond motifs is 1. The zero-order valence-electron chi connectivity index (χ0n) is 23.5. The molecule has 1 atom stereocenters. The van der Waals surface area contributed by atoms with Gasteiger partial charge in [-0.3, -0.25) is 4.79 Å². The lowest BCUT2D eigenvalue weighted by Crippen LogP contribution is -2.42. The minimum Gasteiger partial charge on any atom is -0.488 e. The Bertz CT molecular complexity index is 1300. The number of carboxylic acids is 1. The molecule has 0 saturated carbocycles.